The SMILES string of the molecule is CCOP(OCC)C1=C(C(=O)O)N2C(=O)CC2CC1. The minimum atomic E-state index is -1.38. The van der Waals surface area contributed by atoms with Crippen molar-refractivity contribution in [1.82, 2.24) is 4.90 Å². The number of β-lactam (4-membered cyclic amide) rings is 1. The van der Waals surface area contributed by atoms with Crippen LogP contribution in [0, 0.1) is 0 Å². The monoisotopic (exact) mass is 287 g/mol. The Balaban J connectivity index is 2.33. The molecule has 1 amide bonds. The third-order valence-electron chi connectivity index (χ3n) is 3.19. The maximum atomic E-state index is 11.6. The highest BCUT2D eigenvalue weighted by Gasteiger charge is 2.46. The Bertz CT molecular complexity index is 416. The number of hydrogen-bond acceptors (Lipinski definition) is 4. The Morgan fingerprint density at radius 2 is 2.05 bits per heavy atom. The molecule has 0 aromatic rings. The first kappa shape index (κ1) is 14.4. The van der Waals surface area contributed by atoms with Gasteiger partial charge < -0.3 is 19.1 Å². The van der Waals surface area contributed by atoms with Gasteiger partial charge in [0.2, 0.25) is 14.3 Å². The van der Waals surface area contributed by atoms with E-state index in [1.54, 1.807) is 0 Å². The second-order valence-electron chi connectivity index (χ2n) is 4.35. The summed E-state index contributed by atoms with van der Waals surface area (Å²) in [5.74, 6) is -1.19. The van der Waals surface area contributed by atoms with E-state index in [1.165, 1.54) is 4.90 Å². The lowest BCUT2D eigenvalue weighted by atomic mass is 9.91. The lowest BCUT2D eigenvalue weighted by Crippen LogP contribution is -2.55. The summed E-state index contributed by atoms with van der Waals surface area (Å²) in [6, 6.07) is 0.0439. The van der Waals surface area contributed by atoms with Gasteiger partial charge in [0.05, 0.1) is 13.2 Å². The van der Waals surface area contributed by atoms with Crippen LogP contribution in [0.1, 0.15) is 33.1 Å². The van der Waals surface area contributed by atoms with E-state index < -0.39 is 14.3 Å². The second-order valence-corrected chi connectivity index (χ2v) is 5.92. The Labute approximate surface area is 113 Å². The summed E-state index contributed by atoms with van der Waals surface area (Å²) in [5.41, 5.74) is 0.0838. The van der Waals surface area contributed by atoms with E-state index in [0.29, 0.717) is 31.4 Å². The summed E-state index contributed by atoms with van der Waals surface area (Å²) in [7, 11) is -1.38. The highest BCUT2D eigenvalue weighted by atomic mass is 31.2. The molecule has 2 aliphatic rings. The standard InChI is InChI=1S/C12H18NO5P/c1-3-17-19(18-4-2)9-6-5-8-7-10(14)13(8)11(9)12(15)16/h8H,3-7H2,1-2H3,(H,15,16). The van der Waals surface area contributed by atoms with Crippen LogP contribution in [-0.2, 0) is 18.6 Å². The molecule has 19 heavy (non-hydrogen) atoms. The van der Waals surface area contributed by atoms with Crippen molar-refractivity contribution in [2.24, 2.45) is 0 Å². The van der Waals surface area contributed by atoms with Gasteiger partial charge >= 0.3 is 5.97 Å². The van der Waals surface area contributed by atoms with E-state index in [2.05, 4.69) is 0 Å². The van der Waals surface area contributed by atoms with Crippen LogP contribution in [0.25, 0.3) is 0 Å². The summed E-state index contributed by atoms with van der Waals surface area (Å²) < 4.78 is 11.1. The molecular weight excluding hydrogens is 269 g/mol. The maximum Gasteiger partial charge on any atom is 0.353 e. The van der Waals surface area contributed by atoms with E-state index in [4.69, 9.17) is 9.05 Å². The number of fused-ring (bicyclic) bond motifs is 1. The van der Waals surface area contributed by atoms with Gasteiger partial charge in [0, 0.05) is 17.8 Å². The van der Waals surface area contributed by atoms with Crippen molar-refractivity contribution in [2.75, 3.05) is 13.2 Å². The fourth-order valence-electron chi connectivity index (χ4n) is 2.41. The number of hydrogen-bond donors (Lipinski definition) is 1. The van der Waals surface area contributed by atoms with E-state index in [-0.39, 0.29) is 17.6 Å². The number of carbonyl (C=O) groups is 2. The summed E-state index contributed by atoms with van der Waals surface area (Å²) in [4.78, 5) is 24.5. The van der Waals surface area contributed by atoms with Crippen LogP contribution < -0.4 is 0 Å². The summed E-state index contributed by atoms with van der Waals surface area (Å²) >= 11 is 0. The van der Waals surface area contributed by atoms with Crippen molar-refractivity contribution in [2.45, 2.75) is 39.2 Å². The molecule has 0 spiro atoms. The van der Waals surface area contributed by atoms with Crippen molar-refractivity contribution in [3.05, 3.63) is 11.0 Å². The minimum absolute atomic E-state index is 0.0439. The van der Waals surface area contributed by atoms with Crippen LogP contribution in [0.5, 0.6) is 0 Å². The molecule has 1 atom stereocenters. The third kappa shape index (κ3) is 2.66. The van der Waals surface area contributed by atoms with Gasteiger partial charge in [-0.25, -0.2) is 4.79 Å². The minimum Gasteiger partial charge on any atom is -0.477 e. The number of amides is 1. The largest absolute Gasteiger partial charge is 0.477 e. The molecule has 7 heteroatoms. The molecule has 1 N–H and O–H groups in total. The molecule has 106 valence electrons. The number of nitrogens with zero attached hydrogens (tertiary/aromatic N) is 1. The molecule has 0 bridgehead atoms. The zero-order valence-electron chi connectivity index (χ0n) is 11.1. The highest BCUT2D eigenvalue weighted by molar-refractivity contribution is 7.52. The summed E-state index contributed by atoms with van der Waals surface area (Å²) in [5, 5.41) is 10.0. The Morgan fingerprint density at radius 1 is 1.42 bits per heavy atom. The van der Waals surface area contributed by atoms with Crippen molar-refractivity contribution < 1.29 is 23.7 Å². The van der Waals surface area contributed by atoms with Gasteiger partial charge in [-0.05, 0) is 26.7 Å². The Morgan fingerprint density at radius 3 is 2.53 bits per heavy atom. The quantitative estimate of drug-likeness (QED) is 0.597. The highest BCUT2D eigenvalue weighted by Crippen LogP contribution is 2.54. The second kappa shape index (κ2) is 5.99. The topological polar surface area (TPSA) is 76.1 Å². The molecule has 2 heterocycles. The number of carboxylic acid groups (broad SMARTS) is 1. The van der Waals surface area contributed by atoms with Gasteiger partial charge in [-0.15, -0.1) is 0 Å². The maximum absolute atomic E-state index is 11.6. The number of rotatable bonds is 6. The molecule has 6 nitrogen and oxygen atoms in total. The smallest absolute Gasteiger partial charge is 0.353 e. The van der Waals surface area contributed by atoms with Gasteiger partial charge in [0.15, 0.2) is 0 Å². The lowest BCUT2D eigenvalue weighted by molar-refractivity contribution is -0.150. The zero-order valence-corrected chi connectivity index (χ0v) is 12.0. The molecule has 0 saturated carbocycles. The molecule has 1 unspecified atom stereocenters. The molecule has 2 aliphatic heterocycles. The molecule has 0 aromatic heterocycles. The van der Waals surface area contributed by atoms with Crippen LogP contribution in [0.3, 0.4) is 0 Å². The van der Waals surface area contributed by atoms with Gasteiger partial charge in [-0.3, -0.25) is 4.79 Å². The number of allylic oxidation sites excluding steroid dienone is 1. The van der Waals surface area contributed by atoms with E-state index in [0.717, 1.165) is 6.42 Å². The normalized spacial score (nSPS) is 22.6. The Hall–Kier alpha value is -0.970. The van der Waals surface area contributed by atoms with Crippen LogP contribution in [0.15, 0.2) is 11.0 Å². The van der Waals surface area contributed by atoms with Crippen molar-refractivity contribution in [3.63, 3.8) is 0 Å². The molecule has 0 aromatic carbocycles. The number of carbonyl (C=O) groups excluding carboxylic acids is 1. The predicted octanol–water partition coefficient (Wildman–Crippen LogP) is 2.06. The first-order valence-electron chi connectivity index (χ1n) is 6.44. The molecule has 0 radical (unpaired) electrons. The van der Waals surface area contributed by atoms with Crippen molar-refractivity contribution in [1.29, 1.82) is 0 Å². The molecular formula is C12H18NO5P. The van der Waals surface area contributed by atoms with Gasteiger partial charge in [0.1, 0.15) is 5.70 Å². The molecule has 1 fully saturated rings. The zero-order chi connectivity index (χ0) is 14.0. The fourth-order valence-corrected chi connectivity index (χ4v) is 3.96. The van der Waals surface area contributed by atoms with Gasteiger partial charge in [-0.2, -0.15) is 0 Å². The number of carboxylic acids is 1. The molecule has 1 saturated heterocycles. The third-order valence-corrected chi connectivity index (χ3v) is 5.05. The predicted molar refractivity (Wildman–Crippen MR) is 69.3 cm³/mol. The van der Waals surface area contributed by atoms with Crippen LogP contribution >= 0.6 is 8.38 Å². The van der Waals surface area contributed by atoms with Gasteiger partial charge in [-0.1, -0.05) is 0 Å². The average molecular weight is 287 g/mol. The van der Waals surface area contributed by atoms with Crippen LogP contribution in [0.2, 0.25) is 0 Å². The van der Waals surface area contributed by atoms with Crippen molar-refractivity contribution in [3.8, 4) is 0 Å². The summed E-state index contributed by atoms with van der Waals surface area (Å²) in [6.45, 7) is 4.60. The molecule has 0 aliphatic carbocycles. The van der Waals surface area contributed by atoms with E-state index in [9.17, 15) is 14.7 Å². The fraction of sp³-hybridized carbons (Fsp3) is 0.667. The van der Waals surface area contributed by atoms with Crippen LogP contribution in [0.4, 0.5) is 0 Å². The summed E-state index contributed by atoms with van der Waals surface area (Å²) in [6.07, 6.45) is 1.86. The average Bonchev–Trinajstić information content (AvgIpc) is 2.36. The van der Waals surface area contributed by atoms with E-state index >= 15 is 0 Å². The first-order valence-corrected chi connectivity index (χ1v) is 7.62. The van der Waals surface area contributed by atoms with E-state index in [1.807, 2.05) is 13.8 Å². The van der Waals surface area contributed by atoms with Gasteiger partial charge in [0.25, 0.3) is 0 Å². The first-order chi connectivity index (χ1) is 9.10. The Kier molecular flexibility index (Phi) is 4.55. The number of aliphatic carboxylic acids is 1. The van der Waals surface area contributed by atoms with Crippen molar-refractivity contribution >= 4 is 20.3 Å². The lowest BCUT2D eigenvalue weighted by Gasteiger charge is -2.45. The molecule has 2 rings (SSSR count). The van der Waals surface area contributed by atoms with Crippen LogP contribution in [-0.4, -0.2) is 41.1 Å².